The molecule has 0 aliphatic rings. The quantitative estimate of drug-likeness (QED) is 0.828. The maximum atomic E-state index is 10.8. The van der Waals surface area contributed by atoms with Crippen LogP contribution in [-0.2, 0) is 11.2 Å². The van der Waals surface area contributed by atoms with E-state index in [0.717, 1.165) is 0 Å². The van der Waals surface area contributed by atoms with Crippen molar-refractivity contribution in [2.45, 2.75) is 20.3 Å². The molecular formula is C10H12N4O3. The number of aryl methyl sites for hydroxylation is 2. The summed E-state index contributed by atoms with van der Waals surface area (Å²) in [7, 11) is 1.47. The number of hydrogen-bond acceptors (Lipinski definition) is 5. The summed E-state index contributed by atoms with van der Waals surface area (Å²) in [5.41, 5.74) is 2.01. The van der Waals surface area contributed by atoms with Crippen LogP contribution in [0.5, 0.6) is 6.01 Å². The van der Waals surface area contributed by atoms with Gasteiger partial charge in [-0.2, -0.15) is 9.50 Å². The number of rotatable bonds is 3. The minimum atomic E-state index is -0.899. The number of ether oxygens (including phenoxy) is 1. The van der Waals surface area contributed by atoms with Crippen molar-refractivity contribution in [2.75, 3.05) is 7.11 Å². The molecule has 0 radical (unpaired) electrons. The Hall–Kier alpha value is -2.18. The van der Waals surface area contributed by atoms with Crippen LogP contribution in [0.25, 0.3) is 5.78 Å². The van der Waals surface area contributed by atoms with E-state index in [9.17, 15) is 4.79 Å². The van der Waals surface area contributed by atoms with E-state index in [1.807, 2.05) is 0 Å². The first-order valence-electron chi connectivity index (χ1n) is 5.01. The molecule has 1 N–H and O–H groups in total. The van der Waals surface area contributed by atoms with Gasteiger partial charge in [-0.15, -0.1) is 5.10 Å². The zero-order valence-electron chi connectivity index (χ0n) is 9.76. The molecule has 0 saturated carbocycles. The van der Waals surface area contributed by atoms with Crippen LogP contribution in [-0.4, -0.2) is 37.8 Å². The van der Waals surface area contributed by atoms with Crippen LogP contribution in [0.1, 0.15) is 17.0 Å². The van der Waals surface area contributed by atoms with Crippen LogP contribution >= 0.6 is 0 Å². The molecule has 2 rings (SSSR count). The van der Waals surface area contributed by atoms with E-state index in [1.165, 1.54) is 11.6 Å². The van der Waals surface area contributed by atoms with Gasteiger partial charge in [0.25, 0.3) is 5.78 Å². The summed E-state index contributed by atoms with van der Waals surface area (Å²) in [5, 5.41) is 12.9. The summed E-state index contributed by atoms with van der Waals surface area (Å²) in [6.07, 6.45) is -0.0806. The zero-order chi connectivity index (χ0) is 12.6. The van der Waals surface area contributed by atoms with Gasteiger partial charge in [0.05, 0.1) is 13.5 Å². The standard InChI is InChI=1S/C10H12N4O3/c1-5-7(4-8(15)16)6(2)14-9(11-5)12-10(13-14)17-3/h4H2,1-3H3,(H,15,16). The summed E-state index contributed by atoms with van der Waals surface area (Å²) in [5.74, 6) is -0.490. The number of methoxy groups -OCH3 is 1. The second kappa shape index (κ2) is 4.00. The van der Waals surface area contributed by atoms with Gasteiger partial charge in [-0.25, -0.2) is 4.98 Å². The van der Waals surface area contributed by atoms with Crippen LogP contribution in [0.15, 0.2) is 0 Å². The molecule has 0 fully saturated rings. The van der Waals surface area contributed by atoms with Gasteiger partial charge in [0.1, 0.15) is 0 Å². The molecule has 7 heteroatoms. The number of carbonyl (C=O) groups is 1. The Morgan fingerprint density at radius 2 is 2.12 bits per heavy atom. The fourth-order valence-electron chi connectivity index (χ4n) is 1.68. The van der Waals surface area contributed by atoms with Gasteiger partial charge in [0.15, 0.2) is 0 Å². The monoisotopic (exact) mass is 236 g/mol. The minimum absolute atomic E-state index is 0.0806. The first kappa shape index (κ1) is 11.3. The number of hydrogen-bond donors (Lipinski definition) is 1. The van der Waals surface area contributed by atoms with E-state index in [1.54, 1.807) is 13.8 Å². The zero-order valence-corrected chi connectivity index (χ0v) is 9.76. The Labute approximate surface area is 97.1 Å². The van der Waals surface area contributed by atoms with Crippen LogP contribution in [0.2, 0.25) is 0 Å². The molecule has 90 valence electrons. The van der Waals surface area contributed by atoms with Gasteiger partial charge in [-0.05, 0) is 13.8 Å². The largest absolute Gasteiger partial charge is 0.481 e. The molecule has 0 aliphatic carbocycles. The number of carboxylic acid groups (broad SMARTS) is 1. The van der Waals surface area contributed by atoms with Crippen molar-refractivity contribution >= 4 is 11.7 Å². The lowest BCUT2D eigenvalue weighted by Crippen LogP contribution is -2.10. The maximum absolute atomic E-state index is 10.8. The van der Waals surface area contributed by atoms with Crippen molar-refractivity contribution in [2.24, 2.45) is 0 Å². The molecule has 0 atom stereocenters. The molecule has 0 bridgehead atoms. The van der Waals surface area contributed by atoms with Crippen LogP contribution in [0.4, 0.5) is 0 Å². The second-order valence-electron chi connectivity index (χ2n) is 3.64. The Morgan fingerprint density at radius 1 is 1.41 bits per heavy atom. The fourth-order valence-corrected chi connectivity index (χ4v) is 1.68. The molecule has 7 nitrogen and oxygen atoms in total. The highest BCUT2D eigenvalue weighted by Gasteiger charge is 2.15. The van der Waals surface area contributed by atoms with E-state index in [4.69, 9.17) is 9.84 Å². The molecule has 0 aromatic carbocycles. The highest BCUT2D eigenvalue weighted by molar-refractivity contribution is 5.71. The average molecular weight is 236 g/mol. The summed E-state index contributed by atoms with van der Waals surface area (Å²) in [4.78, 5) is 19.0. The van der Waals surface area contributed by atoms with Crippen molar-refractivity contribution in [1.82, 2.24) is 19.6 Å². The Morgan fingerprint density at radius 3 is 2.71 bits per heavy atom. The van der Waals surface area contributed by atoms with Gasteiger partial charge in [0.2, 0.25) is 0 Å². The predicted molar refractivity (Wildman–Crippen MR) is 58.1 cm³/mol. The van der Waals surface area contributed by atoms with Crippen molar-refractivity contribution in [1.29, 1.82) is 0 Å². The number of carboxylic acids is 1. The third-order valence-corrected chi connectivity index (χ3v) is 2.54. The molecule has 2 aromatic rings. The van der Waals surface area contributed by atoms with Crippen molar-refractivity contribution in [3.05, 3.63) is 17.0 Å². The summed E-state index contributed by atoms with van der Waals surface area (Å²) in [6, 6.07) is 0.215. The van der Waals surface area contributed by atoms with E-state index < -0.39 is 5.97 Å². The van der Waals surface area contributed by atoms with E-state index in [0.29, 0.717) is 22.7 Å². The Kier molecular flexibility index (Phi) is 2.66. The number of aromatic nitrogens is 4. The van der Waals surface area contributed by atoms with Crippen molar-refractivity contribution < 1.29 is 14.6 Å². The fraction of sp³-hybridized carbons (Fsp3) is 0.400. The second-order valence-corrected chi connectivity index (χ2v) is 3.64. The SMILES string of the molecule is COc1nc2nc(C)c(CC(=O)O)c(C)n2n1. The number of fused-ring (bicyclic) bond motifs is 1. The van der Waals surface area contributed by atoms with Gasteiger partial charge >= 0.3 is 12.0 Å². The van der Waals surface area contributed by atoms with Crippen LogP contribution < -0.4 is 4.74 Å². The molecule has 17 heavy (non-hydrogen) atoms. The lowest BCUT2D eigenvalue weighted by atomic mass is 10.1. The molecule has 0 aliphatic heterocycles. The van der Waals surface area contributed by atoms with Crippen LogP contribution in [0.3, 0.4) is 0 Å². The average Bonchev–Trinajstić information content (AvgIpc) is 2.67. The Balaban J connectivity index is 2.65. The molecule has 0 saturated heterocycles. The molecular weight excluding hydrogens is 224 g/mol. The van der Waals surface area contributed by atoms with Gasteiger partial charge < -0.3 is 9.84 Å². The number of nitrogens with zero attached hydrogens (tertiary/aromatic N) is 4. The first-order chi connectivity index (χ1) is 8.02. The van der Waals surface area contributed by atoms with Crippen molar-refractivity contribution in [3.63, 3.8) is 0 Å². The number of aliphatic carboxylic acids is 1. The third-order valence-electron chi connectivity index (χ3n) is 2.54. The third kappa shape index (κ3) is 1.91. The molecule has 0 amide bonds. The minimum Gasteiger partial charge on any atom is -0.481 e. The smallest absolute Gasteiger partial charge is 0.337 e. The highest BCUT2D eigenvalue weighted by Crippen LogP contribution is 2.15. The van der Waals surface area contributed by atoms with Gasteiger partial charge in [-0.1, -0.05) is 0 Å². The topological polar surface area (TPSA) is 89.6 Å². The van der Waals surface area contributed by atoms with Gasteiger partial charge in [0, 0.05) is 17.0 Å². The molecule has 0 unspecified atom stereocenters. The lowest BCUT2D eigenvalue weighted by molar-refractivity contribution is -0.136. The summed E-state index contributed by atoms with van der Waals surface area (Å²) < 4.78 is 6.41. The predicted octanol–water partition coefficient (Wildman–Crippen LogP) is 0.377. The van der Waals surface area contributed by atoms with E-state index in [-0.39, 0.29) is 12.4 Å². The summed E-state index contributed by atoms with van der Waals surface area (Å²) in [6.45, 7) is 3.54. The van der Waals surface area contributed by atoms with E-state index >= 15 is 0 Å². The lowest BCUT2D eigenvalue weighted by Gasteiger charge is -2.07. The molecule has 0 spiro atoms. The molecule has 2 aromatic heterocycles. The molecule has 2 heterocycles. The van der Waals surface area contributed by atoms with Crippen molar-refractivity contribution in [3.8, 4) is 6.01 Å². The van der Waals surface area contributed by atoms with Gasteiger partial charge in [-0.3, -0.25) is 4.79 Å². The maximum Gasteiger partial charge on any atom is 0.337 e. The highest BCUT2D eigenvalue weighted by atomic mass is 16.5. The summed E-state index contributed by atoms with van der Waals surface area (Å²) >= 11 is 0. The normalized spacial score (nSPS) is 10.8. The van der Waals surface area contributed by atoms with E-state index in [2.05, 4.69) is 15.1 Å². The first-order valence-corrected chi connectivity index (χ1v) is 5.01. The van der Waals surface area contributed by atoms with Crippen LogP contribution in [0, 0.1) is 13.8 Å². The Bertz CT molecular complexity index is 591.